The van der Waals surface area contributed by atoms with Gasteiger partial charge in [-0.25, -0.2) is 4.98 Å². The molecule has 5 nitrogen and oxygen atoms in total. The van der Waals surface area contributed by atoms with E-state index in [9.17, 15) is 9.59 Å². The van der Waals surface area contributed by atoms with Crippen LogP contribution in [0.15, 0.2) is 42.4 Å². The van der Waals surface area contributed by atoms with Crippen LogP contribution in [0.4, 0.5) is 5.13 Å². The highest BCUT2D eigenvalue weighted by Gasteiger charge is 2.30. The molecule has 0 bridgehead atoms. The van der Waals surface area contributed by atoms with Crippen LogP contribution in [0.2, 0.25) is 0 Å². The van der Waals surface area contributed by atoms with Crippen LogP contribution in [0.5, 0.6) is 0 Å². The lowest BCUT2D eigenvalue weighted by atomic mass is 10.1. The molecule has 0 saturated carbocycles. The number of hydrogen-bond donors (Lipinski definition) is 1. The van der Waals surface area contributed by atoms with Gasteiger partial charge in [-0.15, -0.1) is 11.3 Å². The van der Waals surface area contributed by atoms with Crippen molar-refractivity contribution in [3.63, 3.8) is 0 Å². The van der Waals surface area contributed by atoms with Crippen molar-refractivity contribution in [1.82, 2.24) is 9.88 Å². The van der Waals surface area contributed by atoms with Gasteiger partial charge in [0.2, 0.25) is 5.91 Å². The van der Waals surface area contributed by atoms with Crippen LogP contribution >= 0.6 is 11.3 Å². The smallest absolute Gasteiger partial charge is 0.258 e. The predicted octanol–water partition coefficient (Wildman–Crippen LogP) is 2.60. The standard InChI is InChI=1S/C15H13N3O2S/c1-10-11-4-2-3-5-12(11)14(20)18(10)8-6-13(19)17-15-16-7-9-21-15/h2-5,7,9H,1,6,8H2,(H,16,17,19). The average molecular weight is 299 g/mol. The number of hydrogen-bond acceptors (Lipinski definition) is 4. The van der Waals surface area contributed by atoms with Gasteiger partial charge < -0.3 is 10.2 Å². The quantitative estimate of drug-likeness (QED) is 0.944. The Bertz CT molecular complexity index is 674. The lowest BCUT2D eigenvalue weighted by Gasteiger charge is -2.16. The van der Waals surface area contributed by atoms with Crippen LogP contribution in [0.1, 0.15) is 22.3 Å². The number of rotatable bonds is 4. The molecule has 1 aromatic heterocycles. The molecule has 1 N–H and O–H groups in total. The van der Waals surface area contributed by atoms with Crippen molar-refractivity contribution >= 4 is 34.0 Å². The average Bonchev–Trinajstić information content (AvgIpc) is 3.07. The lowest BCUT2D eigenvalue weighted by Crippen LogP contribution is -2.27. The maximum absolute atomic E-state index is 12.3. The molecule has 6 heteroatoms. The Morgan fingerprint density at radius 3 is 2.76 bits per heavy atom. The third-order valence-corrected chi connectivity index (χ3v) is 3.97. The first-order valence-corrected chi connectivity index (χ1v) is 7.34. The van der Waals surface area contributed by atoms with Crippen molar-refractivity contribution in [3.8, 4) is 0 Å². The summed E-state index contributed by atoms with van der Waals surface area (Å²) in [6.07, 6.45) is 1.83. The van der Waals surface area contributed by atoms with Gasteiger partial charge in [0.1, 0.15) is 0 Å². The summed E-state index contributed by atoms with van der Waals surface area (Å²) < 4.78 is 0. The number of amides is 2. The van der Waals surface area contributed by atoms with E-state index < -0.39 is 0 Å². The first kappa shape index (κ1) is 13.5. The number of nitrogens with one attached hydrogen (secondary N) is 1. The molecule has 106 valence electrons. The van der Waals surface area contributed by atoms with E-state index in [1.807, 2.05) is 18.2 Å². The zero-order chi connectivity index (χ0) is 14.8. The Morgan fingerprint density at radius 2 is 2.10 bits per heavy atom. The van der Waals surface area contributed by atoms with Crippen molar-refractivity contribution in [2.24, 2.45) is 0 Å². The normalized spacial score (nSPS) is 13.4. The lowest BCUT2D eigenvalue weighted by molar-refractivity contribution is -0.116. The van der Waals surface area contributed by atoms with Crippen LogP contribution < -0.4 is 5.32 Å². The van der Waals surface area contributed by atoms with Gasteiger partial charge in [0.25, 0.3) is 5.91 Å². The van der Waals surface area contributed by atoms with Gasteiger partial charge in [0.15, 0.2) is 5.13 Å². The molecule has 0 unspecified atom stereocenters. The third-order valence-electron chi connectivity index (χ3n) is 3.28. The highest BCUT2D eigenvalue weighted by atomic mass is 32.1. The summed E-state index contributed by atoms with van der Waals surface area (Å²) in [5.74, 6) is -0.265. The second-order valence-corrected chi connectivity index (χ2v) is 5.48. The van der Waals surface area contributed by atoms with E-state index in [4.69, 9.17) is 0 Å². The predicted molar refractivity (Wildman–Crippen MR) is 81.9 cm³/mol. The summed E-state index contributed by atoms with van der Waals surface area (Å²) in [6, 6.07) is 7.34. The molecule has 3 rings (SSSR count). The van der Waals surface area contributed by atoms with Crippen LogP contribution in [0, 0.1) is 0 Å². The fourth-order valence-corrected chi connectivity index (χ4v) is 2.80. The molecule has 0 aliphatic carbocycles. The van der Waals surface area contributed by atoms with Gasteiger partial charge in [-0.05, 0) is 6.07 Å². The summed E-state index contributed by atoms with van der Waals surface area (Å²) in [6.45, 7) is 4.25. The molecule has 2 amide bonds. The number of anilines is 1. The first-order valence-electron chi connectivity index (χ1n) is 6.46. The van der Waals surface area contributed by atoms with E-state index >= 15 is 0 Å². The number of nitrogens with zero attached hydrogens (tertiary/aromatic N) is 2. The number of thiazole rings is 1. The van der Waals surface area contributed by atoms with Crippen molar-refractivity contribution in [1.29, 1.82) is 0 Å². The number of carbonyl (C=O) groups is 2. The van der Waals surface area contributed by atoms with Crippen LogP contribution in [0.3, 0.4) is 0 Å². The summed E-state index contributed by atoms with van der Waals surface area (Å²) >= 11 is 1.36. The molecule has 2 heterocycles. The minimum atomic E-state index is -0.165. The maximum Gasteiger partial charge on any atom is 0.258 e. The monoisotopic (exact) mass is 299 g/mol. The molecule has 0 radical (unpaired) electrons. The first-order chi connectivity index (χ1) is 10.2. The number of fused-ring (bicyclic) bond motifs is 1. The molecule has 0 atom stereocenters. The summed E-state index contributed by atoms with van der Waals surface area (Å²) in [7, 11) is 0. The Kier molecular flexibility index (Phi) is 3.53. The molecule has 21 heavy (non-hydrogen) atoms. The van der Waals surface area contributed by atoms with Crippen molar-refractivity contribution < 1.29 is 9.59 Å². The molecule has 1 aromatic carbocycles. The van der Waals surface area contributed by atoms with E-state index in [1.54, 1.807) is 22.5 Å². The Labute approximate surface area is 125 Å². The zero-order valence-corrected chi connectivity index (χ0v) is 12.0. The van der Waals surface area contributed by atoms with Crippen LogP contribution in [0.25, 0.3) is 5.70 Å². The Hall–Kier alpha value is -2.47. The molecule has 1 aliphatic rings. The van der Waals surface area contributed by atoms with Gasteiger partial charge in [-0.2, -0.15) is 0 Å². The minimum absolute atomic E-state index is 0.0994. The van der Waals surface area contributed by atoms with Crippen molar-refractivity contribution in [2.45, 2.75) is 6.42 Å². The van der Waals surface area contributed by atoms with Crippen molar-refractivity contribution in [3.05, 3.63) is 53.5 Å². The summed E-state index contributed by atoms with van der Waals surface area (Å²) in [4.78, 5) is 29.6. The number of carbonyl (C=O) groups excluding carboxylic acids is 2. The van der Waals surface area contributed by atoms with E-state index in [-0.39, 0.29) is 18.2 Å². The Morgan fingerprint density at radius 1 is 1.33 bits per heavy atom. The molecule has 0 fully saturated rings. The van der Waals surface area contributed by atoms with Gasteiger partial charge in [0, 0.05) is 41.4 Å². The highest BCUT2D eigenvalue weighted by Crippen LogP contribution is 2.31. The molecule has 1 aliphatic heterocycles. The highest BCUT2D eigenvalue weighted by molar-refractivity contribution is 7.13. The third kappa shape index (κ3) is 2.57. The second-order valence-electron chi connectivity index (χ2n) is 4.58. The number of aromatic nitrogens is 1. The van der Waals surface area contributed by atoms with E-state index in [0.717, 1.165) is 5.56 Å². The summed E-state index contributed by atoms with van der Waals surface area (Å²) in [5.41, 5.74) is 2.13. The molecule has 2 aromatic rings. The largest absolute Gasteiger partial charge is 0.308 e. The maximum atomic E-state index is 12.3. The topological polar surface area (TPSA) is 62.3 Å². The zero-order valence-electron chi connectivity index (χ0n) is 11.2. The van der Waals surface area contributed by atoms with Crippen LogP contribution in [-0.4, -0.2) is 28.2 Å². The summed E-state index contributed by atoms with van der Waals surface area (Å²) in [5, 5.41) is 5.05. The van der Waals surface area contributed by atoms with Gasteiger partial charge in [-0.1, -0.05) is 24.8 Å². The fraction of sp³-hybridized carbons (Fsp3) is 0.133. The van der Waals surface area contributed by atoms with Crippen LogP contribution in [-0.2, 0) is 4.79 Å². The van der Waals surface area contributed by atoms with E-state index in [0.29, 0.717) is 22.9 Å². The minimum Gasteiger partial charge on any atom is -0.308 e. The Balaban J connectivity index is 1.63. The van der Waals surface area contributed by atoms with Gasteiger partial charge in [-0.3, -0.25) is 9.59 Å². The van der Waals surface area contributed by atoms with Crippen molar-refractivity contribution in [2.75, 3.05) is 11.9 Å². The van der Waals surface area contributed by atoms with Gasteiger partial charge >= 0.3 is 0 Å². The fourth-order valence-electron chi connectivity index (χ4n) is 2.25. The molecule has 0 spiro atoms. The molecular formula is C15H13N3O2S. The number of benzene rings is 1. The van der Waals surface area contributed by atoms with E-state index in [2.05, 4.69) is 16.9 Å². The van der Waals surface area contributed by atoms with Gasteiger partial charge in [0.05, 0.1) is 0 Å². The van der Waals surface area contributed by atoms with E-state index in [1.165, 1.54) is 11.3 Å². The SMILES string of the molecule is C=C1c2ccccc2C(=O)N1CCC(=O)Nc1nccs1. The molecule has 0 saturated heterocycles. The molecular weight excluding hydrogens is 286 g/mol. The second kappa shape index (κ2) is 5.49.